The Morgan fingerprint density at radius 3 is 2.73 bits per heavy atom. The molecule has 4 heterocycles. The molecule has 3 aromatic rings. The van der Waals surface area contributed by atoms with E-state index in [9.17, 15) is 28.4 Å². The minimum atomic E-state index is -4.60. The minimum absolute atomic E-state index is 0.0147. The monoisotopic (exact) mass is 555 g/mol. The Morgan fingerprint density at radius 2 is 2.02 bits per heavy atom. The third kappa shape index (κ3) is 4.76. The van der Waals surface area contributed by atoms with Crippen molar-refractivity contribution in [3.05, 3.63) is 46.8 Å². The Kier molecular flexibility index (Phi) is 6.43. The summed E-state index contributed by atoms with van der Waals surface area (Å²) in [5.74, 6) is -0.300. The molecular formula is C27H28F3N7O3. The number of carbonyl (C=O) groups excluding carboxylic acids is 1. The summed E-state index contributed by atoms with van der Waals surface area (Å²) >= 11 is 0. The van der Waals surface area contributed by atoms with Crippen LogP contribution in [0.1, 0.15) is 43.4 Å². The largest absolute Gasteiger partial charge is 0.618 e. The third-order valence-electron chi connectivity index (χ3n) is 8.12. The van der Waals surface area contributed by atoms with Crippen LogP contribution in [0.3, 0.4) is 0 Å². The van der Waals surface area contributed by atoms with Gasteiger partial charge < -0.3 is 24.3 Å². The van der Waals surface area contributed by atoms with Gasteiger partial charge >= 0.3 is 6.18 Å². The van der Waals surface area contributed by atoms with Gasteiger partial charge in [0.25, 0.3) is 0 Å². The fourth-order valence-electron chi connectivity index (χ4n) is 5.80. The van der Waals surface area contributed by atoms with Gasteiger partial charge in [0.05, 0.1) is 30.3 Å². The highest BCUT2D eigenvalue weighted by molar-refractivity contribution is 5.93. The Labute approximate surface area is 228 Å². The van der Waals surface area contributed by atoms with E-state index in [1.165, 1.54) is 6.20 Å². The average Bonchev–Trinajstić information content (AvgIpc) is 3.66. The summed E-state index contributed by atoms with van der Waals surface area (Å²) in [6.45, 7) is 3.64. The highest BCUT2D eigenvalue weighted by Gasteiger charge is 2.41. The number of alkyl halides is 3. The van der Waals surface area contributed by atoms with Crippen LogP contribution in [0.2, 0.25) is 0 Å². The number of aromatic nitrogens is 4. The van der Waals surface area contributed by atoms with E-state index in [0.717, 1.165) is 17.4 Å². The van der Waals surface area contributed by atoms with Crippen LogP contribution in [-0.2, 0) is 24.1 Å². The zero-order valence-corrected chi connectivity index (χ0v) is 21.9. The normalized spacial score (nSPS) is 21.3. The molecule has 0 spiro atoms. The molecule has 13 heteroatoms. The zero-order chi connectivity index (χ0) is 28.2. The van der Waals surface area contributed by atoms with Crippen molar-refractivity contribution in [2.45, 2.75) is 45.5 Å². The maximum absolute atomic E-state index is 13.5. The first-order valence-corrected chi connectivity index (χ1v) is 13.4. The van der Waals surface area contributed by atoms with Gasteiger partial charge in [-0.25, -0.2) is 0 Å². The molecule has 0 radical (unpaired) electrons. The molecule has 2 aromatic heterocycles. The van der Waals surface area contributed by atoms with E-state index in [-0.39, 0.29) is 48.8 Å². The molecule has 2 fully saturated rings. The number of nitrogens with zero attached hydrogens (tertiary/aromatic N) is 7. The van der Waals surface area contributed by atoms with Crippen LogP contribution in [0, 0.1) is 34.3 Å². The second-order valence-electron chi connectivity index (χ2n) is 10.9. The smallest absolute Gasteiger partial charge is 0.451 e. The molecule has 210 valence electrons. The third-order valence-corrected chi connectivity index (χ3v) is 8.12. The molecule has 1 aromatic carbocycles. The number of fused-ring (bicyclic) bond motifs is 2. The van der Waals surface area contributed by atoms with Crippen LogP contribution in [0.5, 0.6) is 5.75 Å². The van der Waals surface area contributed by atoms with Crippen LogP contribution in [0.4, 0.5) is 18.9 Å². The Balaban J connectivity index is 1.19. The first kappa shape index (κ1) is 26.2. The van der Waals surface area contributed by atoms with E-state index in [1.807, 2.05) is 24.0 Å². The number of halogens is 3. The van der Waals surface area contributed by atoms with E-state index in [0.29, 0.717) is 59.1 Å². The van der Waals surface area contributed by atoms with Crippen LogP contribution >= 0.6 is 0 Å². The van der Waals surface area contributed by atoms with Gasteiger partial charge in [0, 0.05) is 32.1 Å². The lowest BCUT2D eigenvalue weighted by molar-refractivity contribution is -0.577. The topological polar surface area (TPSA) is 114 Å². The molecule has 0 unspecified atom stereocenters. The molecule has 0 bridgehead atoms. The van der Waals surface area contributed by atoms with Crippen molar-refractivity contribution in [3.8, 4) is 11.8 Å². The quantitative estimate of drug-likeness (QED) is 0.351. The van der Waals surface area contributed by atoms with Gasteiger partial charge in [-0.05, 0) is 43.2 Å². The second-order valence-corrected chi connectivity index (χ2v) is 10.9. The molecule has 1 saturated heterocycles. The zero-order valence-electron chi connectivity index (χ0n) is 21.9. The maximum Gasteiger partial charge on any atom is 0.451 e. The molecular weight excluding hydrogens is 527 g/mol. The Bertz CT molecular complexity index is 1510. The predicted molar refractivity (Wildman–Crippen MR) is 136 cm³/mol. The van der Waals surface area contributed by atoms with E-state index < -0.39 is 12.0 Å². The van der Waals surface area contributed by atoms with Crippen LogP contribution in [0.25, 0.3) is 10.9 Å². The summed E-state index contributed by atoms with van der Waals surface area (Å²) in [6, 6.07) is 7.47. The molecule has 1 amide bonds. The fourth-order valence-corrected chi connectivity index (χ4v) is 5.80. The van der Waals surface area contributed by atoms with Crippen LogP contribution < -0.4 is 14.4 Å². The summed E-state index contributed by atoms with van der Waals surface area (Å²) in [5, 5.41) is 30.3. The van der Waals surface area contributed by atoms with Gasteiger partial charge in [-0.2, -0.15) is 23.2 Å². The van der Waals surface area contributed by atoms with Crippen molar-refractivity contribution >= 4 is 22.5 Å². The molecule has 2 aliphatic heterocycles. The van der Waals surface area contributed by atoms with Crippen molar-refractivity contribution < 1.29 is 27.4 Å². The number of benzene rings is 1. The maximum atomic E-state index is 13.5. The summed E-state index contributed by atoms with van der Waals surface area (Å²) in [6.07, 6.45) is -0.514. The molecule has 40 heavy (non-hydrogen) atoms. The number of hydrogen-bond acceptors (Lipinski definition) is 7. The van der Waals surface area contributed by atoms with Gasteiger partial charge in [-0.15, -0.1) is 10.2 Å². The molecule has 6 rings (SSSR count). The first-order valence-electron chi connectivity index (χ1n) is 13.4. The van der Waals surface area contributed by atoms with Crippen molar-refractivity contribution in [2.24, 2.45) is 17.8 Å². The Morgan fingerprint density at radius 1 is 1.23 bits per heavy atom. The minimum Gasteiger partial charge on any atom is -0.618 e. The van der Waals surface area contributed by atoms with Crippen molar-refractivity contribution in [3.63, 3.8) is 0 Å². The second kappa shape index (κ2) is 9.83. The molecule has 0 N–H and O–H groups in total. The number of rotatable bonds is 5. The van der Waals surface area contributed by atoms with Crippen LogP contribution in [-0.4, -0.2) is 51.8 Å². The van der Waals surface area contributed by atoms with E-state index in [4.69, 9.17) is 4.74 Å². The van der Waals surface area contributed by atoms with E-state index >= 15 is 0 Å². The number of ether oxygens (including phenoxy) is 1. The average molecular weight is 556 g/mol. The first-order chi connectivity index (χ1) is 19.1. The van der Waals surface area contributed by atoms with Gasteiger partial charge in [-0.3, -0.25) is 4.79 Å². The lowest BCUT2D eigenvalue weighted by Gasteiger charge is -2.40. The highest BCUT2D eigenvalue weighted by Crippen LogP contribution is 2.37. The van der Waals surface area contributed by atoms with Gasteiger partial charge in [-0.1, -0.05) is 6.92 Å². The number of amides is 1. The Hall–Kier alpha value is -4.08. The van der Waals surface area contributed by atoms with Gasteiger partial charge in [0.15, 0.2) is 5.82 Å². The summed E-state index contributed by atoms with van der Waals surface area (Å²) in [7, 11) is 0. The highest BCUT2D eigenvalue weighted by atomic mass is 19.4. The van der Waals surface area contributed by atoms with Gasteiger partial charge in [0.1, 0.15) is 17.4 Å². The number of carbonyl (C=O) groups is 1. The number of hydrogen-bond donors (Lipinski definition) is 0. The fraction of sp³-hybridized carbons (Fsp3) is 0.519. The van der Waals surface area contributed by atoms with Crippen molar-refractivity contribution in [1.82, 2.24) is 19.7 Å². The van der Waals surface area contributed by atoms with Crippen molar-refractivity contribution in [2.75, 3.05) is 31.1 Å². The number of nitriles is 1. The SMILES string of the molecule is C[C@@H]1CN(c2c(C#N)c[n+]([O-])c3cc(OCC4CC4)ccc23)CC[C@@H]1C(=O)N1CCn2c(nnc2C(F)(F)F)C1. The predicted octanol–water partition coefficient (Wildman–Crippen LogP) is 3.25. The van der Waals surface area contributed by atoms with Crippen LogP contribution in [0.15, 0.2) is 24.4 Å². The molecule has 10 nitrogen and oxygen atoms in total. The van der Waals surface area contributed by atoms with E-state index in [1.54, 1.807) is 11.0 Å². The molecule has 2 atom stereocenters. The summed E-state index contributed by atoms with van der Waals surface area (Å²) in [5.41, 5.74) is 1.31. The number of anilines is 1. The van der Waals surface area contributed by atoms with Crippen molar-refractivity contribution in [1.29, 1.82) is 5.26 Å². The van der Waals surface area contributed by atoms with Gasteiger partial charge in [0.2, 0.25) is 23.4 Å². The summed E-state index contributed by atoms with van der Waals surface area (Å²) in [4.78, 5) is 17.1. The summed E-state index contributed by atoms with van der Waals surface area (Å²) < 4.78 is 47.1. The van der Waals surface area contributed by atoms with E-state index in [2.05, 4.69) is 16.3 Å². The molecule has 3 aliphatic rings. The molecule has 1 aliphatic carbocycles. The number of piperidine rings is 1. The number of pyridine rings is 1. The lowest BCUT2D eigenvalue weighted by atomic mass is 9.85. The lowest BCUT2D eigenvalue weighted by Crippen LogP contribution is -2.49. The molecule has 1 saturated carbocycles. The standard InChI is InChI=1S/C27H28F3N7O3/c1-16-12-34(7-6-20(16)25(38)35-8-9-36-23(14-35)32-33-26(36)27(28,29)30)24-18(11-31)13-37(39)22-10-19(4-5-21(22)24)40-15-17-2-3-17/h4-5,10,13,16-17,20H,2-3,6-9,12,14-15H2,1H3/t16-,20+/m1/s1.